The van der Waals surface area contributed by atoms with Crippen molar-refractivity contribution in [3.8, 4) is 22.8 Å². The number of nitrogens with zero attached hydrogens (tertiary/aromatic N) is 3. The first-order valence-electron chi connectivity index (χ1n) is 12.5. The van der Waals surface area contributed by atoms with Crippen LogP contribution in [0.25, 0.3) is 32.7 Å². The van der Waals surface area contributed by atoms with Gasteiger partial charge < -0.3 is 28.5 Å². The molecular formula is C29H27N3O8. The second kappa shape index (κ2) is 14.4. The van der Waals surface area contributed by atoms with Gasteiger partial charge in [-0.15, -0.1) is 0 Å². The molecule has 0 radical (unpaired) electrons. The van der Waals surface area contributed by atoms with Gasteiger partial charge in [0.2, 0.25) is 11.2 Å². The maximum absolute atomic E-state index is 13.4. The van der Waals surface area contributed by atoms with Gasteiger partial charge in [-0.05, 0) is 59.6 Å². The molecule has 1 N–H and O–H groups in total. The van der Waals surface area contributed by atoms with Crippen LogP contribution in [0.1, 0.15) is 15.9 Å². The molecule has 0 saturated heterocycles. The van der Waals surface area contributed by atoms with Crippen molar-refractivity contribution in [1.82, 2.24) is 0 Å². The minimum atomic E-state index is -1.05. The highest BCUT2D eigenvalue weighted by atomic mass is 16.5. The van der Waals surface area contributed by atoms with Crippen LogP contribution in [0.4, 0.5) is 0 Å². The van der Waals surface area contributed by atoms with E-state index in [1.165, 1.54) is 12.1 Å². The van der Waals surface area contributed by atoms with Crippen LogP contribution in [-0.4, -0.2) is 50.7 Å². The number of hydrogen-bond donors (Lipinski definition) is 1. The maximum Gasteiger partial charge on any atom is 0.335 e. The Morgan fingerprint density at radius 3 is 2.42 bits per heavy atom. The van der Waals surface area contributed by atoms with E-state index < -0.39 is 5.97 Å². The van der Waals surface area contributed by atoms with Crippen LogP contribution >= 0.6 is 0 Å². The lowest BCUT2D eigenvalue weighted by atomic mass is 10.1. The van der Waals surface area contributed by atoms with E-state index in [1.54, 1.807) is 60.7 Å². The number of benzene rings is 3. The van der Waals surface area contributed by atoms with Crippen molar-refractivity contribution >= 4 is 16.9 Å². The van der Waals surface area contributed by atoms with E-state index >= 15 is 0 Å². The monoisotopic (exact) mass is 545 g/mol. The van der Waals surface area contributed by atoms with Gasteiger partial charge >= 0.3 is 5.97 Å². The zero-order valence-electron chi connectivity index (χ0n) is 21.5. The number of carboxylic acid groups (broad SMARTS) is 1. The zero-order valence-corrected chi connectivity index (χ0v) is 21.5. The Labute approximate surface area is 229 Å². The molecule has 1 aromatic heterocycles. The molecule has 0 saturated carbocycles. The summed E-state index contributed by atoms with van der Waals surface area (Å²) in [7, 11) is 0. The van der Waals surface area contributed by atoms with E-state index in [9.17, 15) is 14.7 Å². The third-order valence-electron chi connectivity index (χ3n) is 5.70. The van der Waals surface area contributed by atoms with Crippen LogP contribution in [0, 0.1) is 0 Å². The largest absolute Gasteiger partial charge is 0.491 e. The number of azide groups is 1. The van der Waals surface area contributed by atoms with Gasteiger partial charge in [0.25, 0.3) is 0 Å². The number of rotatable bonds is 15. The molecule has 0 bridgehead atoms. The van der Waals surface area contributed by atoms with Crippen molar-refractivity contribution in [2.75, 3.05) is 39.6 Å². The average Bonchev–Trinajstić information content (AvgIpc) is 2.98. The number of fused-ring (bicyclic) bond motifs is 1. The van der Waals surface area contributed by atoms with E-state index in [0.717, 1.165) is 0 Å². The quantitative estimate of drug-likeness (QED) is 0.0894. The number of hydrogen-bond acceptors (Lipinski definition) is 8. The third-order valence-corrected chi connectivity index (χ3v) is 5.70. The summed E-state index contributed by atoms with van der Waals surface area (Å²) in [6.45, 7) is 2.09. The first-order chi connectivity index (χ1) is 19.6. The van der Waals surface area contributed by atoms with Gasteiger partial charge in [-0.1, -0.05) is 29.4 Å². The molecule has 0 amide bonds. The molecule has 0 aliphatic carbocycles. The van der Waals surface area contributed by atoms with Gasteiger partial charge in [0, 0.05) is 17.0 Å². The Bertz CT molecular complexity index is 1550. The average molecular weight is 546 g/mol. The summed E-state index contributed by atoms with van der Waals surface area (Å²) < 4.78 is 28.5. The van der Waals surface area contributed by atoms with E-state index in [-0.39, 0.29) is 35.7 Å². The number of carboxylic acids is 1. The second-order valence-corrected chi connectivity index (χ2v) is 8.43. The maximum atomic E-state index is 13.4. The number of ether oxygens (including phenoxy) is 4. The van der Waals surface area contributed by atoms with Crippen LogP contribution in [0.2, 0.25) is 0 Å². The Morgan fingerprint density at radius 2 is 1.65 bits per heavy atom. The Balaban J connectivity index is 1.42. The topological polar surface area (TPSA) is 153 Å². The zero-order chi connectivity index (χ0) is 28.2. The fourth-order valence-corrected chi connectivity index (χ4v) is 3.79. The summed E-state index contributed by atoms with van der Waals surface area (Å²) in [5.74, 6) is -0.153. The summed E-state index contributed by atoms with van der Waals surface area (Å²) >= 11 is 0. The van der Waals surface area contributed by atoms with Crippen LogP contribution in [0.15, 0.2) is 87.1 Å². The second-order valence-electron chi connectivity index (χ2n) is 8.43. The van der Waals surface area contributed by atoms with Crippen LogP contribution in [0.3, 0.4) is 0 Å². The minimum Gasteiger partial charge on any atom is -0.491 e. The molecule has 1 heterocycles. The minimum absolute atomic E-state index is 0.0166. The van der Waals surface area contributed by atoms with Crippen LogP contribution in [-0.2, 0) is 16.1 Å². The van der Waals surface area contributed by atoms with E-state index in [2.05, 4.69) is 10.0 Å². The van der Waals surface area contributed by atoms with Crippen molar-refractivity contribution in [1.29, 1.82) is 0 Å². The molecule has 0 atom stereocenters. The molecule has 206 valence electrons. The molecule has 4 aromatic rings. The lowest BCUT2D eigenvalue weighted by Gasteiger charge is -2.13. The molecule has 0 aliphatic rings. The number of carbonyl (C=O) groups is 1. The lowest BCUT2D eigenvalue weighted by Crippen LogP contribution is -2.11. The summed E-state index contributed by atoms with van der Waals surface area (Å²) in [5, 5.41) is 13.0. The number of para-hydroxylation sites is 1. The summed E-state index contributed by atoms with van der Waals surface area (Å²) in [6, 6.07) is 20.3. The predicted molar refractivity (Wildman–Crippen MR) is 147 cm³/mol. The molecule has 4 rings (SSSR count). The fraction of sp³-hybridized carbons (Fsp3) is 0.241. The highest BCUT2D eigenvalue weighted by Gasteiger charge is 2.18. The van der Waals surface area contributed by atoms with Crippen molar-refractivity contribution in [3.63, 3.8) is 0 Å². The molecular weight excluding hydrogens is 518 g/mol. The van der Waals surface area contributed by atoms with Gasteiger partial charge in [-0.2, -0.15) is 0 Å². The molecule has 0 fully saturated rings. The smallest absolute Gasteiger partial charge is 0.335 e. The Hall–Kier alpha value is -4.83. The molecule has 0 aliphatic heterocycles. The van der Waals surface area contributed by atoms with Crippen LogP contribution in [0.5, 0.6) is 11.5 Å². The summed E-state index contributed by atoms with van der Waals surface area (Å²) in [5.41, 5.74) is 9.63. The Morgan fingerprint density at radius 1 is 0.900 bits per heavy atom. The van der Waals surface area contributed by atoms with Gasteiger partial charge in [0.15, 0.2) is 5.76 Å². The molecule has 11 nitrogen and oxygen atoms in total. The van der Waals surface area contributed by atoms with E-state index in [1.807, 2.05) is 0 Å². The van der Waals surface area contributed by atoms with Gasteiger partial charge in [0.1, 0.15) is 24.5 Å². The highest BCUT2D eigenvalue weighted by molar-refractivity contribution is 5.87. The highest BCUT2D eigenvalue weighted by Crippen LogP contribution is 2.32. The molecule has 11 heteroatoms. The SMILES string of the molecule is [N-]=[N+]=NCCOCCOCCOc1ccc(-c2oc3ccccc3c(=O)c2OCc2cccc(C(=O)O)c2)cc1. The van der Waals surface area contributed by atoms with Crippen molar-refractivity contribution < 1.29 is 33.3 Å². The van der Waals surface area contributed by atoms with Crippen molar-refractivity contribution in [2.24, 2.45) is 5.11 Å². The van der Waals surface area contributed by atoms with Crippen molar-refractivity contribution in [2.45, 2.75) is 6.61 Å². The summed E-state index contributed by atoms with van der Waals surface area (Å²) in [6.07, 6.45) is 0. The van der Waals surface area contributed by atoms with E-state index in [0.29, 0.717) is 60.9 Å². The standard InChI is InChI=1S/C29H27N3O8/c30-32-31-12-13-36-14-15-37-16-17-38-23-10-8-21(9-11-23)27-28(26(33)24-6-1-2-7-25(24)40-27)39-19-20-4-3-5-22(18-20)29(34)35/h1-11,18H,12-17,19H2,(H,34,35). The lowest BCUT2D eigenvalue weighted by molar-refractivity contribution is 0.0388. The predicted octanol–water partition coefficient (Wildman–Crippen LogP) is 5.46. The van der Waals surface area contributed by atoms with E-state index in [4.69, 9.17) is 28.9 Å². The Kier molecular flexibility index (Phi) is 10.1. The normalized spacial score (nSPS) is 10.7. The van der Waals surface area contributed by atoms with Gasteiger partial charge in [-0.25, -0.2) is 4.79 Å². The molecule has 3 aromatic carbocycles. The third kappa shape index (κ3) is 7.61. The molecule has 0 spiro atoms. The molecule has 40 heavy (non-hydrogen) atoms. The van der Waals surface area contributed by atoms with Crippen LogP contribution < -0.4 is 14.9 Å². The summed E-state index contributed by atoms with van der Waals surface area (Å²) in [4.78, 5) is 27.3. The van der Waals surface area contributed by atoms with Gasteiger partial charge in [0.05, 0.1) is 37.4 Å². The van der Waals surface area contributed by atoms with Gasteiger partial charge in [-0.3, -0.25) is 4.79 Å². The first-order valence-corrected chi connectivity index (χ1v) is 12.5. The van der Waals surface area contributed by atoms with Crippen molar-refractivity contribution in [3.05, 3.63) is 105 Å². The molecule has 0 unspecified atom stereocenters. The first kappa shape index (κ1) is 28.2. The number of aromatic carboxylic acids is 1. The fourth-order valence-electron chi connectivity index (χ4n) is 3.79.